The van der Waals surface area contributed by atoms with Gasteiger partial charge in [0.05, 0.1) is 4.92 Å². The Morgan fingerprint density at radius 1 is 1.26 bits per heavy atom. The van der Waals surface area contributed by atoms with Gasteiger partial charge >= 0.3 is 0 Å². The van der Waals surface area contributed by atoms with Crippen molar-refractivity contribution in [2.24, 2.45) is 0 Å². The quantitative estimate of drug-likeness (QED) is 0.539. The predicted molar refractivity (Wildman–Crippen MR) is 98.4 cm³/mol. The number of aliphatic hydroxyl groups is 1. The first-order valence-electron chi connectivity index (χ1n) is 8.70. The molecular formula is C19H22N2O6. The molecule has 0 spiro atoms. The number of nitrogens with zero attached hydrogens (tertiary/aromatic N) is 1. The van der Waals surface area contributed by atoms with Crippen molar-refractivity contribution in [2.45, 2.75) is 25.2 Å². The van der Waals surface area contributed by atoms with Crippen LogP contribution >= 0.6 is 0 Å². The van der Waals surface area contributed by atoms with Crippen molar-refractivity contribution >= 4 is 5.69 Å². The first-order chi connectivity index (χ1) is 13.0. The van der Waals surface area contributed by atoms with Crippen molar-refractivity contribution < 1.29 is 24.2 Å². The number of nitro groups is 1. The van der Waals surface area contributed by atoms with E-state index in [9.17, 15) is 15.2 Å². The number of non-ortho nitro benzene ring substituents is 1. The molecule has 3 atom stereocenters. The van der Waals surface area contributed by atoms with Gasteiger partial charge in [-0.2, -0.15) is 0 Å². The van der Waals surface area contributed by atoms with Crippen molar-refractivity contribution in [1.82, 2.24) is 5.32 Å². The number of hydrogen-bond donors (Lipinski definition) is 2. The van der Waals surface area contributed by atoms with Crippen LogP contribution in [-0.4, -0.2) is 48.0 Å². The smallest absolute Gasteiger partial charge is 0.269 e. The zero-order valence-corrected chi connectivity index (χ0v) is 14.9. The van der Waals surface area contributed by atoms with Gasteiger partial charge in [0.25, 0.3) is 5.69 Å². The Bertz CT molecular complexity index is 767. The number of benzene rings is 2. The Kier molecular flexibility index (Phi) is 6.10. The lowest BCUT2D eigenvalue weighted by Crippen LogP contribution is -2.48. The van der Waals surface area contributed by atoms with Gasteiger partial charge < -0.3 is 24.6 Å². The average Bonchev–Trinajstić information content (AvgIpc) is 2.70. The molecule has 0 bridgehead atoms. The van der Waals surface area contributed by atoms with Gasteiger partial charge in [0.2, 0.25) is 0 Å². The highest BCUT2D eigenvalue weighted by Crippen LogP contribution is 2.31. The van der Waals surface area contributed by atoms with Crippen LogP contribution in [0, 0.1) is 10.1 Å². The molecule has 8 heteroatoms. The molecule has 8 nitrogen and oxygen atoms in total. The minimum Gasteiger partial charge on any atom is -0.491 e. The summed E-state index contributed by atoms with van der Waals surface area (Å²) in [5.41, 5.74) is -0.00494. The minimum absolute atomic E-state index is 0.00494. The molecule has 2 aromatic rings. The summed E-state index contributed by atoms with van der Waals surface area (Å²) >= 11 is 0. The van der Waals surface area contributed by atoms with Crippen LogP contribution in [-0.2, 0) is 0 Å². The molecule has 2 aromatic carbocycles. The third kappa shape index (κ3) is 5.08. The average molecular weight is 374 g/mol. The number of fused-ring (bicyclic) bond motifs is 1. The first-order valence-corrected chi connectivity index (χ1v) is 8.70. The molecule has 0 aliphatic carbocycles. The molecule has 0 amide bonds. The van der Waals surface area contributed by atoms with Crippen LogP contribution in [0.2, 0.25) is 0 Å². The number of rotatable bonds is 8. The number of hydrogen-bond acceptors (Lipinski definition) is 7. The number of ether oxygens (including phenoxy) is 3. The maximum absolute atomic E-state index is 10.6. The standard InChI is InChI=1S/C19H22N2O6/c1-13(19-12-26-17-4-2-3-5-18(17)27-19)20-10-15(22)11-25-16-8-6-14(7-9-16)21(23)24/h2-9,13,15,19-20,22H,10-12H2,1H3/t13-,15-,19-/m0/s1. The molecule has 1 aliphatic rings. The molecule has 1 heterocycles. The van der Waals surface area contributed by atoms with Gasteiger partial charge in [-0.15, -0.1) is 0 Å². The van der Waals surface area contributed by atoms with Crippen molar-refractivity contribution in [3.05, 3.63) is 58.6 Å². The topological polar surface area (TPSA) is 103 Å². The minimum atomic E-state index is -0.737. The first kappa shape index (κ1) is 18.9. The van der Waals surface area contributed by atoms with E-state index in [1.165, 1.54) is 24.3 Å². The molecule has 144 valence electrons. The van der Waals surface area contributed by atoms with Crippen LogP contribution in [0.5, 0.6) is 17.2 Å². The molecule has 1 aliphatic heterocycles. The van der Waals surface area contributed by atoms with Crippen LogP contribution in [0.4, 0.5) is 5.69 Å². The SMILES string of the molecule is C[C@H](NC[C@H](O)COc1ccc([N+](=O)[O-])cc1)[C@@H]1COc2ccccc2O1. The second kappa shape index (κ2) is 8.70. The second-order valence-corrected chi connectivity index (χ2v) is 6.33. The summed E-state index contributed by atoms with van der Waals surface area (Å²) in [5.74, 6) is 1.91. The third-order valence-electron chi connectivity index (χ3n) is 4.25. The molecule has 0 fully saturated rings. The van der Waals surface area contributed by atoms with Crippen LogP contribution < -0.4 is 19.5 Å². The molecule has 0 unspecified atom stereocenters. The summed E-state index contributed by atoms with van der Waals surface area (Å²) in [5, 5.41) is 23.9. The van der Waals surface area contributed by atoms with E-state index < -0.39 is 11.0 Å². The van der Waals surface area contributed by atoms with E-state index in [4.69, 9.17) is 14.2 Å². The Hall–Kier alpha value is -2.84. The maximum Gasteiger partial charge on any atom is 0.269 e. The Balaban J connectivity index is 1.41. The Morgan fingerprint density at radius 2 is 1.96 bits per heavy atom. The highest BCUT2D eigenvalue weighted by atomic mass is 16.6. The molecule has 0 radical (unpaired) electrons. The predicted octanol–water partition coefficient (Wildman–Crippen LogP) is 2.15. The summed E-state index contributed by atoms with van der Waals surface area (Å²) < 4.78 is 17.1. The summed E-state index contributed by atoms with van der Waals surface area (Å²) in [7, 11) is 0. The lowest BCUT2D eigenvalue weighted by molar-refractivity contribution is -0.384. The van der Waals surface area contributed by atoms with Crippen molar-refractivity contribution in [3.63, 3.8) is 0 Å². The van der Waals surface area contributed by atoms with Gasteiger partial charge in [-0.25, -0.2) is 0 Å². The number of nitro benzene ring substituents is 1. The molecule has 27 heavy (non-hydrogen) atoms. The maximum atomic E-state index is 10.6. The lowest BCUT2D eigenvalue weighted by Gasteiger charge is -2.31. The third-order valence-corrected chi connectivity index (χ3v) is 4.25. The van der Waals surface area contributed by atoms with E-state index in [0.717, 1.165) is 5.75 Å². The Morgan fingerprint density at radius 3 is 2.67 bits per heavy atom. The number of aliphatic hydroxyl groups excluding tert-OH is 1. The fourth-order valence-electron chi connectivity index (χ4n) is 2.65. The number of para-hydroxylation sites is 2. The highest BCUT2D eigenvalue weighted by Gasteiger charge is 2.26. The fraction of sp³-hybridized carbons (Fsp3) is 0.368. The van der Waals surface area contributed by atoms with Crippen molar-refractivity contribution in [3.8, 4) is 17.2 Å². The van der Waals surface area contributed by atoms with Crippen molar-refractivity contribution in [1.29, 1.82) is 0 Å². The zero-order valence-electron chi connectivity index (χ0n) is 14.9. The zero-order chi connectivity index (χ0) is 19.2. The summed E-state index contributed by atoms with van der Waals surface area (Å²) in [4.78, 5) is 10.2. The van der Waals surface area contributed by atoms with Gasteiger partial charge in [0.1, 0.15) is 31.2 Å². The Labute approximate surface area is 156 Å². The van der Waals surface area contributed by atoms with Crippen molar-refractivity contribution in [2.75, 3.05) is 19.8 Å². The summed E-state index contributed by atoms with van der Waals surface area (Å²) in [6.07, 6.45) is -0.901. The second-order valence-electron chi connectivity index (χ2n) is 6.33. The van der Waals surface area contributed by atoms with Crippen LogP contribution in [0.25, 0.3) is 0 Å². The van der Waals surface area contributed by atoms with Crippen LogP contribution in [0.3, 0.4) is 0 Å². The normalized spacial score (nSPS) is 17.8. The molecule has 0 saturated heterocycles. The monoisotopic (exact) mass is 374 g/mol. The summed E-state index contributed by atoms with van der Waals surface area (Å²) in [6, 6.07) is 13.2. The van der Waals surface area contributed by atoms with E-state index in [1.807, 2.05) is 31.2 Å². The molecule has 0 aromatic heterocycles. The van der Waals surface area contributed by atoms with Crippen LogP contribution in [0.15, 0.2) is 48.5 Å². The van der Waals surface area contributed by atoms with E-state index >= 15 is 0 Å². The molecule has 0 saturated carbocycles. The van der Waals surface area contributed by atoms with Gasteiger partial charge in [-0.3, -0.25) is 10.1 Å². The molecule has 2 N–H and O–H groups in total. The van der Waals surface area contributed by atoms with Gasteiger partial charge in [0, 0.05) is 24.7 Å². The van der Waals surface area contributed by atoms with E-state index in [0.29, 0.717) is 24.7 Å². The molecular weight excluding hydrogens is 352 g/mol. The van der Waals surface area contributed by atoms with E-state index in [1.54, 1.807) is 0 Å². The van der Waals surface area contributed by atoms with Gasteiger partial charge in [0.15, 0.2) is 11.5 Å². The van der Waals surface area contributed by atoms with Crippen LogP contribution in [0.1, 0.15) is 6.92 Å². The fourth-order valence-corrected chi connectivity index (χ4v) is 2.65. The lowest BCUT2D eigenvalue weighted by atomic mass is 10.1. The van der Waals surface area contributed by atoms with Gasteiger partial charge in [-0.1, -0.05) is 12.1 Å². The molecule has 3 rings (SSSR count). The highest BCUT2D eigenvalue weighted by molar-refractivity contribution is 5.40. The largest absolute Gasteiger partial charge is 0.491 e. The number of nitrogens with one attached hydrogen (secondary N) is 1. The van der Waals surface area contributed by atoms with Gasteiger partial charge in [-0.05, 0) is 31.2 Å². The van der Waals surface area contributed by atoms with E-state index in [2.05, 4.69) is 5.32 Å². The van der Waals surface area contributed by atoms with E-state index in [-0.39, 0.29) is 24.4 Å². The summed E-state index contributed by atoms with van der Waals surface area (Å²) in [6.45, 7) is 2.78.